The first kappa shape index (κ1) is 13.7. The number of carbonyl (C=O) groups excluding carboxylic acids is 1. The lowest BCUT2D eigenvalue weighted by molar-refractivity contribution is -0.120. The fourth-order valence-electron chi connectivity index (χ4n) is 1.98. The van der Waals surface area contributed by atoms with Crippen LogP contribution >= 0.6 is 11.6 Å². The number of halogens is 1. The summed E-state index contributed by atoms with van der Waals surface area (Å²) in [6, 6.07) is 6.76. The van der Waals surface area contributed by atoms with Crippen LogP contribution in [0.5, 0.6) is 0 Å². The van der Waals surface area contributed by atoms with Gasteiger partial charge < -0.3 is 16.3 Å². The summed E-state index contributed by atoms with van der Waals surface area (Å²) < 4.78 is 0. The Balaban J connectivity index is 1.96. The molecule has 1 aromatic rings. The van der Waals surface area contributed by atoms with Gasteiger partial charge in [0.25, 0.3) is 0 Å². The number of hydrogen-bond acceptors (Lipinski definition) is 3. The molecule has 6 heteroatoms. The second-order valence-electron chi connectivity index (χ2n) is 4.71. The normalized spacial score (nSPS) is 17.0. The molecule has 0 aliphatic heterocycles. The van der Waals surface area contributed by atoms with Crippen molar-refractivity contribution < 1.29 is 10.0 Å². The zero-order chi connectivity index (χ0) is 13.8. The molecule has 1 aliphatic rings. The lowest BCUT2D eigenvalue weighted by Gasteiger charge is -2.16. The second-order valence-corrected chi connectivity index (χ2v) is 5.15. The second kappa shape index (κ2) is 5.93. The molecule has 0 aromatic heterocycles. The SMILES string of the molecule is NC(=NO)C(NC(=O)Cc1cccc(Cl)c1)C1CC1. The van der Waals surface area contributed by atoms with Gasteiger partial charge in [0.05, 0.1) is 12.5 Å². The van der Waals surface area contributed by atoms with Gasteiger partial charge in [0.15, 0.2) is 5.84 Å². The molecule has 0 saturated heterocycles. The van der Waals surface area contributed by atoms with Crippen LogP contribution in [0.3, 0.4) is 0 Å². The van der Waals surface area contributed by atoms with Crippen molar-refractivity contribution in [2.45, 2.75) is 25.3 Å². The Hall–Kier alpha value is -1.75. The number of carbonyl (C=O) groups is 1. The Labute approximate surface area is 116 Å². The first-order chi connectivity index (χ1) is 9.10. The van der Waals surface area contributed by atoms with Crippen LogP contribution in [-0.4, -0.2) is 23.0 Å². The quantitative estimate of drug-likeness (QED) is 0.331. The Morgan fingerprint density at radius 1 is 1.58 bits per heavy atom. The van der Waals surface area contributed by atoms with Crippen LogP contribution in [0.15, 0.2) is 29.4 Å². The number of nitrogens with two attached hydrogens (primary N) is 1. The number of oxime groups is 1. The van der Waals surface area contributed by atoms with Gasteiger partial charge >= 0.3 is 0 Å². The Bertz CT molecular complexity index is 500. The highest BCUT2D eigenvalue weighted by Gasteiger charge is 2.35. The summed E-state index contributed by atoms with van der Waals surface area (Å²) in [6.45, 7) is 0. The zero-order valence-corrected chi connectivity index (χ0v) is 11.1. The van der Waals surface area contributed by atoms with E-state index in [-0.39, 0.29) is 30.1 Å². The molecule has 4 N–H and O–H groups in total. The highest BCUT2D eigenvalue weighted by atomic mass is 35.5. The van der Waals surface area contributed by atoms with Gasteiger partial charge in [0, 0.05) is 5.02 Å². The molecular weight excluding hydrogens is 266 g/mol. The van der Waals surface area contributed by atoms with Gasteiger partial charge in [0.2, 0.25) is 5.91 Å². The van der Waals surface area contributed by atoms with Crippen LogP contribution in [0.4, 0.5) is 0 Å². The molecule has 1 atom stereocenters. The van der Waals surface area contributed by atoms with E-state index in [9.17, 15) is 4.79 Å². The van der Waals surface area contributed by atoms with Crippen molar-refractivity contribution in [3.05, 3.63) is 34.9 Å². The molecular formula is C13H16ClN3O2. The van der Waals surface area contributed by atoms with E-state index in [2.05, 4.69) is 10.5 Å². The molecule has 1 aromatic carbocycles. The first-order valence-electron chi connectivity index (χ1n) is 6.11. The highest BCUT2D eigenvalue weighted by molar-refractivity contribution is 6.30. The molecule has 5 nitrogen and oxygen atoms in total. The monoisotopic (exact) mass is 281 g/mol. The van der Waals surface area contributed by atoms with Crippen LogP contribution in [0.2, 0.25) is 5.02 Å². The van der Waals surface area contributed by atoms with E-state index in [1.54, 1.807) is 18.2 Å². The minimum absolute atomic E-state index is 0.0574. The predicted octanol–water partition coefficient (Wildman–Crippen LogP) is 1.52. The van der Waals surface area contributed by atoms with Crippen molar-refractivity contribution in [3.63, 3.8) is 0 Å². The fraction of sp³-hybridized carbons (Fsp3) is 0.385. The van der Waals surface area contributed by atoms with E-state index in [1.807, 2.05) is 6.07 Å². The molecule has 0 heterocycles. The largest absolute Gasteiger partial charge is 0.409 e. The molecule has 102 valence electrons. The molecule has 0 radical (unpaired) electrons. The number of nitrogens with zero attached hydrogens (tertiary/aromatic N) is 1. The van der Waals surface area contributed by atoms with Crippen LogP contribution in [0.1, 0.15) is 18.4 Å². The van der Waals surface area contributed by atoms with Gasteiger partial charge in [-0.3, -0.25) is 4.79 Å². The van der Waals surface area contributed by atoms with E-state index in [0.717, 1.165) is 18.4 Å². The molecule has 1 aliphatic carbocycles. The third-order valence-electron chi connectivity index (χ3n) is 3.10. The van der Waals surface area contributed by atoms with Crippen LogP contribution in [0, 0.1) is 5.92 Å². The van der Waals surface area contributed by atoms with Crippen molar-refractivity contribution in [1.82, 2.24) is 5.32 Å². The Morgan fingerprint density at radius 2 is 2.32 bits per heavy atom. The molecule has 1 fully saturated rings. The topological polar surface area (TPSA) is 87.7 Å². The number of benzene rings is 1. The van der Waals surface area contributed by atoms with E-state index in [4.69, 9.17) is 22.5 Å². The van der Waals surface area contributed by atoms with Crippen molar-refractivity contribution in [2.24, 2.45) is 16.8 Å². The maximum absolute atomic E-state index is 11.9. The lowest BCUT2D eigenvalue weighted by atomic mass is 10.1. The van der Waals surface area contributed by atoms with Crippen LogP contribution in [0.25, 0.3) is 0 Å². The highest BCUT2D eigenvalue weighted by Crippen LogP contribution is 2.32. The van der Waals surface area contributed by atoms with Crippen molar-refractivity contribution in [2.75, 3.05) is 0 Å². The lowest BCUT2D eigenvalue weighted by Crippen LogP contribution is -2.46. The van der Waals surface area contributed by atoms with Gasteiger partial charge in [-0.05, 0) is 36.5 Å². The van der Waals surface area contributed by atoms with E-state index < -0.39 is 0 Å². The number of nitrogens with one attached hydrogen (secondary N) is 1. The maximum atomic E-state index is 11.9. The maximum Gasteiger partial charge on any atom is 0.225 e. The van der Waals surface area contributed by atoms with E-state index in [0.29, 0.717) is 5.02 Å². The van der Waals surface area contributed by atoms with E-state index in [1.165, 1.54) is 0 Å². The van der Waals surface area contributed by atoms with Crippen molar-refractivity contribution in [3.8, 4) is 0 Å². The average Bonchev–Trinajstić information content (AvgIpc) is 3.19. The van der Waals surface area contributed by atoms with Crippen molar-refractivity contribution >= 4 is 23.3 Å². The third-order valence-corrected chi connectivity index (χ3v) is 3.33. The average molecular weight is 282 g/mol. The molecule has 19 heavy (non-hydrogen) atoms. The summed E-state index contributed by atoms with van der Waals surface area (Å²) in [5.74, 6) is 0.173. The molecule has 0 bridgehead atoms. The van der Waals surface area contributed by atoms with Gasteiger partial charge in [-0.2, -0.15) is 0 Å². The fourth-order valence-corrected chi connectivity index (χ4v) is 2.19. The summed E-state index contributed by atoms with van der Waals surface area (Å²) in [5, 5.41) is 15.1. The molecule has 1 amide bonds. The van der Waals surface area contributed by atoms with Crippen LogP contribution in [-0.2, 0) is 11.2 Å². The third kappa shape index (κ3) is 3.86. The standard InChI is InChI=1S/C13H16ClN3O2/c14-10-3-1-2-8(6-10)7-11(18)16-12(9-4-5-9)13(15)17-19/h1-3,6,9,12,19H,4-5,7H2,(H2,15,17)(H,16,18). The summed E-state index contributed by atoms with van der Waals surface area (Å²) in [7, 11) is 0. The molecule has 2 rings (SSSR count). The Morgan fingerprint density at radius 3 is 2.89 bits per heavy atom. The van der Waals surface area contributed by atoms with Gasteiger partial charge in [-0.1, -0.05) is 28.9 Å². The predicted molar refractivity (Wildman–Crippen MR) is 73.2 cm³/mol. The first-order valence-corrected chi connectivity index (χ1v) is 6.49. The number of amides is 1. The summed E-state index contributed by atoms with van der Waals surface area (Å²) >= 11 is 5.86. The number of hydrogen-bond donors (Lipinski definition) is 3. The molecule has 1 saturated carbocycles. The number of amidine groups is 1. The Kier molecular flexibility index (Phi) is 4.27. The summed E-state index contributed by atoms with van der Waals surface area (Å²) in [6.07, 6.45) is 2.19. The smallest absolute Gasteiger partial charge is 0.225 e. The minimum Gasteiger partial charge on any atom is -0.409 e. The molecule has 1 unspecified atom stereocenters. The molecule has 0 spiro atoms. The van der Waals surface area contributed by atoms with Gasteiger partial charge in [0.1, 0.15) is 0 Å². The van der Waals surface area contributed by atoms with E-state index >= 15 is 0 Å². The number of rotatable bonds is 5. The minimum atomic E-state index is -0.378. The summed E-state index contributed by atoms with van der Waals surface area (Å²) in [5.41, 5.74) is 6.42. The van der Waals surface area contributed by atoms with Crippen molar-refractivity contribution in [1.29, 1.82) is 0 Å². The zero-order valence-electron chi connectivity index (χ0n) is 10.3. The summed E-state index contributed by atoms with van der Waals surface area (Å²) in [4.78, 5) is 11.9. The van der Waals surface area contributed by atoms with Gasteiger partial charge in [-0.25, -0.2) is 0 Å². The van der Waals surface area contributed by atoms with Crippen LogP contribution < -0.4 is 11.1 Å². The van der Waals surface area contributed by atoms with Gasteiger partial charge in [-0.15, -0.1) is 0 Å².